The molecule has 5 nitrogen and oxygen atoms in total. The van der Waals surface area contributed by atoms with Gasteiger partial charge in [0.1, 0.15) is 0 Å². The number of carbonyl (C=O) groups is 1. The van der Waals surface area contributed by atoms with E-state index in [-0.39, 0.29) is 23.0 Å². The van der Waals surface area contributed by atoms with Gasteiger partial charge in [0.2, 0.25) is 5.91 Å². The summed E-state index contributed by atoms with van der Waals surface area (Å²) in [6, 6.07) is 25.3. The van der Waals surface area contributed by atoms with E-state index in [0.29, 0.717) is 24.5 Å². The highest BCUT2D eigenvalue weighted by Crippen LogP contribution is 2.44. The third-order valence-corrected chi connectivity index (χ3v) is 13.0. The van der Waals surface area contributed by atoms with Crippen molar-refractivity contribution in [1.29, 1.82) is 0 Å². The fourth-order valence-electron chi connectivity index (χ4n) is 6.26. The van der Waals surface area contributed by atoms with E-state index in [4.69, 9.17) is 13.9 Å². The third kappa shape index (κ3) is 4.46. The van der Waals surface area contributed by atoms with Crippen molar-refractivity contribution in [2.24, 2.45) is 0 Å². The molecule has 0 unspecified atom stereocenters. The van der Waals surface area contributed by atoms with Gasteiger partial charge in [-0.25, -0.2) is 0 Å². The maximum Gasteiger partial charge on any atom is 0.261 e. The Kier molecular flexibility index (Phi) is 7.21. The molecule has 0 radical (unpaired) electrons. The number of benzene rings is 3. The van der Waals surface area contributed by atoms with Gasteiger partial charge in [0.05, 0.1) is 32.9 Å². The standard InChI is InChI=1S/C32H37NO4Si/c1-32(2,3)38(25-13-8-6-9-14-25,26-15-10-7-11-16-26)37-22-24-19-23-20-29(35-4)30(36-5)21-27(23)28-17-12-18-31(34)33(24)28/h6-16,18,20-21,24,28H,17,19,22H2,1-5H3/t24-,28+/m0/s1. The van der Waals surface area contributed by atoms with Crippen molar-refractivity contribution in [1.82, 2.24) is 4.90 Å². The van der Waals surface area contributed by atoms with Gasteiger partial charge < -0.3 is 18.8 Å². The predicted molar refractivity (Wildman–Crippen MR) is 154 cm³/mol. The van der Waals surface area contributed by atoms with Crippen LogP contribution in [0.25, 0.3) is 0 Å². The Morgan fingerprint density at radius 3 is 2.03 bits per heavy atom. The summed E-state index contributed by atoms with van der Waals surface area (Å²) < 4.78 is 18.5. The fraction of sp³-hybridized carbons (Fsp3) is 0.344. The van der Waals surface area contributed by atoms with Crippen molar-refractivity contribution in [3.8, 4) is 11.5 Å². The second-order valence-corrected chi connectivity index (χ2v) is 15.4. The van der Waals surface area contributed by atoms with Gasteiger partial charge in [0.25, 0.3) is 8.32 Å². The number of ether oxygens (including phenoxy) is 2. The number of hydrogen-bond acceptors (Lipinski definition) is 4. The monoisotopic (exact) mass is 527 g/mol. The molecule has 3 aromatic carbocycles. The number of rotatable bonds is 7. The maximum absolute atomic E-state index is 13.3. The Bertz CT molecular complexity index is 1280. The lowest BCUT2D eigenvalue weighted by Crippen LogP contribution is -2.67. The minimum Gasteiger partial charge on any atom is -0.493 e. The molecule has 198 valence electrons. The van der Waals surface area contributed by atoms with E-state index in [1.807, 2.05) is 17.0 Å². The summed E-state index contributed by atoms with van der Waals surface area (Å²) in [6.07, 6.45) is 5.15. The molecule has 0 fully saturated rings. The van der Waals surface area contributed by atoms with E-state index in [0.717, 1.165) is 12.0 Å². The van der Waals surface area contributed by atoms with Crippen LogP contribution in [0.2, 0.25) is 5.04 Å². The van der Waals surface area contributed by atoms with Gasteiger partial charge >= 0.3 is 0 Å². The number of hydrogen-bond donors (Lipinski definition) is 0. The Morgan fingerprint density at radius 2 is 1.47 bits per heavy atom. The van der Waals surface area contributed by atoms with Crippen molar-refractivity contribution in [3.05, 3.63) is 96.1 Å². The molecule has 1 amide bonds. The molecule has 0 bridgehead atoms. The zero-order chi connectivity index (χ0) is 26.9. The topological polar surface area (TPSA) is 48.0 Å². The first kappa shape index (κ1) is 26.3. The van der Waals surface area contributed by atoms with Crippen LogP contribution in [0.15, 0.2) is 84.9 Å². The molecule has 3 aromatic rings. The van der Waals surface area contributed by atoms with Gasteiger partial charge in [-0.2, -0.15) is 0 Å². The van der Waals surface area contributed by atoms with Crippen LogP contribution in [0.5, 0.6) is 11.5 Å². The molecule has 2 atom stereocenters. The molecule has 2 aliphatic rings. The normalized spacial score (nSPS) is 19.1. The lowest BCUT2D eigenvalue weighted by Gasteiger charge is -2.48. The minimum absolute atomic E-state index is 0.0396. The molecule has 0 aliphatic carbocycles. The maximum atomic E-state index is 13.3. The zero-order valence-corrected chi connectivity index (χ0v) is 23.9. The first-order valence-electron chi connectivity index (χ1n) is 13.3. The van der Waals surface area contributed by atoms with E-state index >= 15 is 0 Å². The van der Waals surface area contributed by atoms with E-state index in [1.54, 1.807) is 20.3 Å². The molecule has 0 N–H and O–H groups in total. The quantitative estimate of drug-likeness (QED) is 0.404. The molecule has 2 aliphatic heterocycles. The molecule has 5 rings (SSSR count). The SMILES string of the molecule is COc1cc2c(cc1OC)[C@H]1CC=CC(=O)N1[C@H](CO[Si](c1ccccc1)(c1ccccc1)C(C)(C)C)C2. The first-order chi connectivity index (χ1) is 18.3. The fourth-order valence-corrected chi connectivity index (χ4v) is 10.9. The van der Waals surface area contributed by atoms with Gasteiger partial charge in [-0.1, -0.05) is 87.5 Å². The van der Waals surface area contributed by atoms with Crippen molar-refractivity contribution >= 4 is 24.6 Å². The van der Waals surface area contributed by atoms with Crippen LogP contribution < -0.4 is 19.8 Å². The Morgan fingerprint density at radius 1 is 0.895 bits per heavy atom. The second-order valence-electron chi connectivity index (χ2n) is 11.1. The number of carbonyl (C=O) groups excluding carboxylic acids is 1. The van der Waals surface area contributed by atoms with Crippen molar-refractivity contribution in [2.45, 2.75) is 50.7 Å². The summed E-state index contributed by atoms with van der Waals surface area (Å²) in [6.45, 7) is 7.30. The second kappa shape index (κ2) is 10.4. The molecule has 6 heteroatoms. The summed E-state index contributed by atoms with van der Waals surface area (Å²) in [5.41, 5.74) is 2.31. The van der Waals surface area contributed by atoms with Gasteiger partial charge in [-0.3, -0.25) is 4.79 Å². The van der Waals surface area contributed by atoms with E-state index in [2.05, 4.69) is 87.5 Å². The van der Waals surface area contributed by atoms with Crippen molar-refractivity contribution in [2.75, 3.05) is 20.8 Å². The summed E-state index contributed by atoms with van der Waals surface area (Å²) >= 11 is 0. The summed E-state index contributed by atoms with van der Waals surface area (Å²) in [5.74, 6) is 1.44. The van der Waals surface area contributed by atoms with Gasteiger partial charge in [0.15, 0.2) is 11.5 Å². The largest absolute Gasteiger partial charge is 0.493 e. The smallest absolute Gasteiger partial charge is 0.261 e. The zero-order valence-electron chi connectivity index (χ0n) is 22.9. The van der Waals surface area contributed by atoms with E-state index in [1.165, 1.54) is 15.9 Å². The number of methoxy groups -OCH3 is 2. The van der Waals surface area contributed by atoms with Crippen LogP contribution in [0.4, 0.5) is 0 Å². The molecule has 0 aromatic heterocycles. The van der Waals surface area contributed by atoms with Crippen molar-refractivity contribution in [3.63, 3.8) is 0 Å². The lowest BCUT2D eigenvalue weighted by molar-refractivity contribution is -0.133. The van der Waals surface area contributed by atoms with E-state index in [9.17, 15) is 4.79 Å². The highest BCUT2D eigenvalue weighted by molar-refractivity contribution is 6.99. The Labute approximate surface area is 227 Å². The van der Waals surface area contributed by atoms with E-state index < -0.39 is 8.32 Å². The Hall–Kier alpha value is -3.35. The molecule has 0 saturated carbocycles. The Balaban J connectivity index is 1.58. The highest BCUT2D eigenvalue weighted by Gasteiger charge is 2.51. The van der Waals surface area contributed by atoms with Gasteiger partial charge in [-0.15, -0.1) is 0 Å². The molecule has 38 heavy (non-hydrogen) atoms. The minimum atomic E-state index is -2.74. The van der Waals surface area contributed by atoms with Crippen LogP contribution in [0, 0.1) is 0 Å². The van der Waals surface area contributed by atoms with Crippen LogP contribution in [0.3, 0.4) is 0 Å². The van der Waals surface area contributed by atoms with Crippen LogP contribution >= 0.6 is 0 Å². The summed E-state index contributed by atoms with van der Waals surface area (Å²) in [4.78, 5) is 15.4. The van der Waals surface area contributed by atoms with Crippen molar-refractivity contribution < 1.29 is 18.7 Å². The third-order valence-electron chi connectivity index (χ3n) is 7.97. The van der Waals surface area contributed by atoms with Gasteiger partial charge in [-0.05, 0) is 57.6 Å². The summed E-state index contributed by atoms with van der Waals surface area (Å²) in [7, 11) is 0.576. The molecular formula is C32H37NO4Si. The van der Waals surface area contributed by atoms with Crippen LogP contribution in [0.1, 0.15) is 44.4 Å². The molecule has 0 saturated heterocycles. The highest BCUT2D eigenvalue weighted by atomic mass is 28.4. The van der Waals surface area contributed by atoms with Crippen LogP contribution in [-0.2, 0) is 15.6 Å². The lowest BCUT2D eigenvalue weighted by atomic mass is 9.84. The molecular weight excluding hydrogens is 490 g/mol. The predicted octanol–water partition coefficient (Wildman–Crippen LogP) is 5.03. The first-order valence-corrected chi connectivity index (χ1v) is 15.2. The number of nitrogens with zero attached hydrogens (tertiary/aromatic N) is 1. The average Bonchev–Trinajstić information content (AvgIpc) is 2.93. The van der Waals surface area contributed by atoms with Gasteiger partial charge in [0, 0.05) is 0 Å². The molecule has 2 heterocycles. The number of amides is 1. The van der Waals surface area contributed by atoms with Crippen LogP contribution in [-0.4, -0.2) is 46.0 Å². The average molecular weight is 528 g/mol. The number of fused-ring (bicyclic) bond motifs is 3. The molecule has 0 spiro atoms. The summed E-state index contributed by atoms with van der Waals surface area (Å²) in [5, 5.41) is 2.34.